The predicted octanol–water partition coefficient (Wildman–Crippen LogP) is 2.05. The monoisotopic (exact) mass is 485 g/mol. The summed E-state index contributed by atoms with van der Waals surface area (Å²) < 4.78 is 0. The number of hydrogen-bond donors (Lipinski definition) is 2. The van der Waals surface area contributed by atoms with E-state index in [1.165, 1.54) is 10.4 Å². The molecule has 8 heteroatoms. The van der Waals surface area contributed by atoms with Crippen LogP contribution < -0.4 is 10.6 Å². The summed E-state index contributed by atoms with van der Waals surface area (Å²) in [6.07, 6.45) is 3.55. The first-order valence-corrected chi connectivity index (χ1v) is 9.31. The second kappa shape index (κ2) is 10.5. The summed E-state index contributed by atoms with van der Waals surface area (Å²) in [7, 11) is 1.71. The number of thiophene rings is 1. The van der Waals surface area contributed by atoms with Crippen LogP contribution in [0.4, 0.5) is 0 Å². The lowest BCUT2D eigenvalue weighted by Gasteiger charge is -2.27. The van der Waals surface area contributed by atoms with E-state index in [1.54, 1.807) is 24.6 Å². The van der Waals surface area contributed by atoms with Crippen molar-refractivity contribution in [3.8, 4) is 0 Å². The Balaban J connectivity index is 0.00000243. The van der Waals surface area contributed by atoms with Gasteiger partial charge in [0.1, 0.15) is 0 Å². The fourth-order valence-corrected chi connectivity index (χ4v) is 3.70. The van der Waals surface area contributed by atoms with Crippen molar-refractivity contribution in [1.82, 2.24) is 20.5 Å². The van der Waals surface area contributed by atoms with Crippen LogP contribution in [-0.2, 0) is 24.2 Å². The molecule has 0 atom stereocenters. The standard InChI is InChI=1S/C18H23N5OS.HI/c1-19-18(21-9-5-15-4-2-3-8-20-15)22-12-17(24)23-10-6-16-14(13-23)7-11-25-16;/h2-4,7-8,11H,5-6,9-10,12-13H2,1H3,(H2,19,21,22);1H. The third kappa shape index (κ3) is 5.66. The zero-order chi connectivity index (χ0) is 17.5. The van der Waals surface area contributed by atoms with E-state index in [0.29, 0.717) is 19.0 Å². The van der Waals surface area contributed by atoms with E-state index in [-0.39, 0.29) is 36.4 Å². The Morgan fingerprint density at radius 2 is 2.23 bits per heavy atom. The van der Waals surface area contributed by atoms with Crippen molar-refractivity contribution >= 4 is 47.2 Å². The maximum Gasteiger partial charge on any atom is 0.242 e. The van der Waals surface area contributed by atoms with Crippen molar-refractivity contribution in [2.24, 2.45) is 4.99 Å². The van der Waals surface area contributed by atoms with Gasteiger partial charge in [-0.2, -0.15) is 0 Å². The molecule has 0 aliphatic carbocycles. The molecule has 0 bridgehead atoms. The topological polar surface area (TPSA) is 69.6 Å². The van der Waals surface area contributed by atoms with Crippen molar-refractivity contribution in [2.45, 2.75) is 19.4 Å². The Kier molecular flexibility index (Phi) is 8.30. The van der Waals surface area contributed by atoms with Crippen molar-refractivity contribution in [1.29, 1.82) is 0 Å². The number of aromatic nitrogens is 1. The lowest BCUT2D eigenvalue weighted by Crippen LogP contribution is -2.46. The first-order chi connectivity index (χ1) is 12.3. The number of hydrogen-bond acceptors (Lipinski definition) is 4. The van der Waals surface area contributed by atoms with E-state index in [0.717, 1.165) is 25.1 Å². The van der Waals surface area contributed by atoms with Crippen LogP contribution in [0.25, 0.3) is 0 Å². The molecule has 2 aromatic heterocycles. The van der Waals surface area contributed by atoms with E-state index < -0.39 is 0 Å². The van der Waals surface area contributed by atoms with Crippen molar-refractivity contribution in [3.05, 3.63) is 52.0 Å². The molecule has 1 aliphatic rings. The summed E-state index contributed by atoms with van der Waals surface area (Å²) in [5.41, 5.74) is 2.31. The molecule has 0 aromatic carbocycles. The van der Waals surface area contributed by atoms with Crippen LogP contribution in [-0.4, -0.2) is 48.4 Å². The quantitative estimate of drug-likeness (QED) is 0.387. The first kappa shape index (κ1) is 20.6. The second-order valence-corrected chi connectivity index (χ2v) is 6.86. The minimum Gasteiger partial charge on any atom is -0.356 e. The van der Waals surface area contributed by atoms with E-state index >= 15 is 0 Å². The molecule has 1 aliphatic heterocycles. The number of aliphatic imine (C=N–C) groups is 1. The Morgan fingerprint density at radius 1 is 1.35 bits per heavy atom. The number of carbonyl (C=O) groups excluding carboxylic acids is 1. The largest absolute Gasteiger partial charge is 0.356 e. The van der Waals surface area contributed by atoms with Crippen molar-refractivity contribution in [3.63, 3.8) is 0 Å². The zero-order valence-electron chi connectivity index (χ0n) is 14.8. The molecule has 3 heterocycles. The number of halogens is 1. The van der Waals surface area contributed by atoms with Gasteiger partial charge in [-0.25, -0.2) is 0 Å². The highest BCUT2D eigenvalue weighted by Gasteiger charge is 2.21. The molecule has 0 saturated carbocycles. The Bertz CT molecular complexity index is 734. The summed E-state index contributed by atoms with van der Waals surface area (Å²) in [6, 6.07) is 8.00. The predicted molar refractivity (Wildman–Crippen MR) is 116 cm³/mol. The molecule has 0 radical (unpaired) electrons. The van der Waals surface area contributed by atoms with Gasteiger partial charge in [-0.3, -0.25) is 14.8 Å². The number of carbonyl (C=O) groups is 1. The van der Waals surface area contributed by atoms with Gasteiger partial charge in [-0.15, -0.1) is 35.3 Å². The molecule has 2 N–H and O–H groups in total. The second-order valence-electron chi connectivity index (χ2n) is 5.86. The Labute approximate surface area is 175 Å². The van der Waals surface area contributed by atoms with Gasteiger partial charge in [-0.1, -0.05) is 6.07 Å². The molecule has 2 aromatic rings. The minimum absolute atomic E-state index is 0. The van der Waals surface area contributed by atoms with E-state index in [1.807, 2.05) is 23.1 Å². The van der Waals surface area contributed by atoms with Crippen LogP contribution in [0, 0.1) is 0 Å². The first-order valence-electron chi connectivity index (χ1n) is 8.43. The minimum atomic E-state index is 0. The third-order valence-electron chi connectivity index (χ3n) is 4.19. The number of guanidine groups is 1. The fraction of sp³-hybridized carbons (Fsp3) is 0.389. The molecule has 6 nitrogen and oxygen atoms in total. The Morgan fingerprint density at radius 3 is 3.00 bits per heavy atom. The fourth-order valence-electron chi connectivity index (χ4n) is 2.81. The maximum absolute atomic E-state index is 12.4. The molecule has 0 spiro atoms. The molecular weight excluding hydrogens is 461 g/mol. The van der Waals surface area contributed by atoms with Crippen LogP contribution in [0.5, 0.6) is 0 Å². The third-order valence-corrected chi connectivity index (χ3v) is 5.21. The number of fused-ring (bicyclic) bond motifs is 1. The van der Waals surface area contributed by atoms with E-state index in [2.05, 4.69) is 32.1 Å². The summed E-state index contributed by atoms with van der Waals surface area (Å²) >= 11 is 1.78. The van der Waals surface area contributed by atoms with Crippen molar-refractivity contribution < 1.29 is 4.79 Å². The SMILES string of the molecule is CN=C(NCCc1ccccn1)NCC(=O)N1CCc2sccc2C1.I. The van der Waals surface area contributed by atoms with Crippen LogP contribution in [0.1, 0.15) is 16.1 Å². The van der Waals surface area contributed by atoms with Gasteiger partial charge in [0.25, 0.3) is 0 Å². The molecule has 0 fully saturated rings. The lowest BCUT2D eigenvalue weighted by atomic mass is 10.1. The molecule has 140 valence electrons. The average Bonchev–Trinajstić information content (AvgIpc) is 3.13. The molecule has 1 amide bonds. The molecule has 0 saturated heterocycles. The number of nitrogens with one attached hydrogen (secondary N) is 2. The van der Waals surface area contributed by atoms with Gasteiger partial charge in [0.15, 0.2) is 5.96 Å². The summed E-state index contributed by atoms with van der Waals surface area (Å²) in [4.78, 5) is 24.2. The van der Waals surface area contributed by atoms with Gasteiger partial charge < -0.3 is 15.5 Å². The van der Waals surface area contributed by atoms with Gasteiger partial charge >= 0.3 is 0 Å². The summed E-state index contributed by atoms with van der Waals surface area (Å²) in [5, 5.41) is 8.42. The summed E-state index contributed by atoms with van der Waals surface area (Å²) in [6.45, 7) is 2.47. The smallest absolute Gasteiger partial charge is 0.242 e. The lowest BCUT2D eigenvalue weighted by molar-refractivity contribution is -0.130. The molecule has 26 heavy (non-hydrogen) atoms. The highest BCUT2D eigenvalue weighted by atomic mass is 127. The Hall–Kier alpha value is -1.68. The van der Waals surface area contributed by atoms with Crippen LogP contribution >= 0.6 is 35.3 Å². The molecular formula is C18H24IN5OS. The number of amides is 1. The van der Waals surface area contributed by atoms with E-state index in [9.17, 15) is 4.79 Å². The van der Waals surface area contributed by atoms with Crippen LogP contribution in [0.2, 0.25) is 0 Å². The van der Waals surface area contributed by atoms with Crippen LogP contribution in [0.15, 0.2) is 40.8 Å². The normalized spacial score (nSPS) is 13.6. The number of nitrogens with zero attached hydrogens (tertiary/aromatic N) is 3. The molecule has 3 rings (SSSR count). The van der Waals surface area contributed by atoms with E-state index in [4.69, 9.17) is 0 Å². The van der Waals surface area contributed by atoms with Crippen LogP contribution in [0.3, 0.4) is 0 Å². The molecule has 0 unspecified atom stereocenters. The number of pyridine rings is 1. The van der Waals surface area contributed by atoms with Gasteiger partial charge in [0, 0.05) is 49.9 Å². The highest BCUT2D eigenvalue weighted by molar-refractivity contribution is 14.0. The van der Waals surface area contributed by atoms with Gasteiger partial charge in [0.05, 0.1) is 6.54 Å². The van der Waals surface area contributed by atoms with Crippen molar-refractivity contribution in [2.75, 3.05) is 26.7 Å². The highest BCUT2D eigenvalue weighted by Crippen LogP contribution is 2.23. The zero-order valence-corrected chi connectivity index (χ0v) is 17.9. The maximum atomic E-state index is 12.4. The van der Waals surface area contributed by atoms with Gasteiger partial charge in [0.2, 0.25) is 5.91 Å². The average molecular weight is 485 g/mol. The van der Waals surface area contributed by atoms with Gasteiger partial charge in [-0.05, 0) is 35.6 Å². The summed E-state index contributed by atoms with van der Waals surface area (Å²) in [5.74, 6) is 0.738. The number of rotatable bonds is 5.